The lowest BCUT2D eigenvalue weighted by molar-refractivity contribution is -0.524. The van der Waals surface area contributed by atoms with Crippen molar-refractivity contribution in [1.82, 2.24) is 0 Å². The van der Waals surface area contributed by atoms with Crippen LogP contribution in [0.25, 0.3) is 0 Å². The number of carboxylic acids is 1. The van der Waals surface area contributed by atoms with Gasteiger partial charge in [0.15, 0.2) is 5.69 Å². The molecule has 0 heterocycles. The van der Waals surface area contributed by atoms with E-state index in [1.54, 1.807) is 19.1 Å². The third kappa shape index (κ3) is 2.94. The van der Waals surface area contributed by atoms with Crippen LogP contribution in [0.4, 0.5) is 5.69 Å². The van der Waals surface area contributed by atoms with Crippen LogP contribution in [0.15, 0.2) is 29.5 Å². The summed E-state index contributed by atoms with van der Waals surface area (Å²) in [5, 5.41) is 23.0. The predicted molar refractivity (Wildman–Crippen MR) is 53.6 cm³/mol. The van der Waals surface area contributed by atoms with E-state index in [1.807, 2.05) is 0 Å². The highest BCUT2D eigenvalue weighted by Gasteiger charge is 2.11. The van der Waals surface area contributed by atoms with Crippen molar-refractivity contribution >= 4 is 11.7 Å². The van der Waals surface area contributed by atoms with Gasteiger partial charge in [0, 0.05) is 0 Å². The molecule has 0 aliphatic carbocycles. The zero-order chi connectivity index (χ0) is 11.3. The molecule has 0 spiro atoms. The lowest BCUT2D eigenvalue weighted by Crippen LogP contribution is -2.06. The highest BCUT2D eigenvalue weighted by Crippen LogP contribution is 2.14. The minimum absolute atomic E-state index is 0.0748. The smallest absolute Gasteiger partial charge is 0.340 e. The zero-order valence-corrected chi connectivity index (χ0v) is 8.17. The summed E-state index contributed by atoms with van der Waals surface area (Å²) in [7, 11) is 0. The van der Waals surface area contributed by atoms with Crippen LogP contribution in [-0.2, 0) is 0 Å². The maximum atomic E-state index is 10.8. The van der Waals surface area contributed by atoms with Crippen LogP contribution in [0, 0.1) is 5.21 Å². The lowest BCUT2D eigenvalue weighted by atomic mass is 10.2. The maximum Gasteiger partial charge on any atom is 0.340 e. The van der Waals surface area contributed by atoms with E-state index < -0.39 is 5.97 Å². The van der Waals surface area contributed by atoms with Crippen molar-refractivity contribution in [3.8, 4) is 0 Å². The Labute approximate surface area is 86.4 Å². The SMILES string of the molecule is CC/[N+]([O-])=N/Nc1ccccc1C(=O)O. The number of hydrogen-bond donors (Lipinski definition) is 2. The zero-order valence-electron chi connectivity index (χ0n) is 8.17. The summed E-state index contributed by atoms with van der Waals surface area (Å²) in [5.41, 5.74) is 2.77. The number of carboxylic acid groups (broad SMARTS) is 1. The van der Waals surface area contributed by atoms with Gasteiger partial charge in [-0.3, -0.25) is 0 Å². The molecule has 0 aliphatic rings. The fourth-order valence-electron chi connectivity index (χ4n) is 0.947. The molecule has 0 saturated heterocycles. The van der Waals surface area contributed by atoms with Crippen LogP contribution in [-0.4, -0.2) is 22.5 Å². The first kappa shape index (κ1) is 11.0. The van der Waals surface area contributed by atoms with E-state index in [4.69, 9.17) is 5.11 Å². The Kier molecular flexibility index (Phi) is 3.61. The Balaban J connectivity index is 2.90. The standard InChI is InChI=1S/C9H11N3O3/c1-2-12(15)11-10-8-6-4-3-5-7(8)9(13)14/h3-6,10H,2H2,1H3,(H,13,14)/b12-11-. The normalized spacial score (nSPS) is 11.1. The molecule has 0 aliphatic heterocycles. The summed E-state index contributed by atoms with van der Waals surface area (Å²) in [6, 6.07) is 6.23. The van der Waals surface area contributed by atoms with Gasteiger partial charge in [0.25, 0.3) is 0 Å². The van der Waals surface area contributed by atoms with Crippen LogP contribution >= 0.6 is 0 Å². The fraction of sp³-hybridized carbons (Fsp3) is 0.222. The van der Waals surface area contributed by atoms with Crippen molar-refractivity contribution in [2.75, 3.05) is 12.0 Å². The van der Waals surface area contributed by atoms with Gasteiger partial charge in [-0.2, -0.15) is 4.86 Å². The van der Waals surface area contributed by atoms with Crippen molar-refractivity contribution in [1.29, 1.82) is 0 Å². The molecular formula is C9H11N3O3. The van der Waals surface area contributed by atoms with Crippen LogP contribution in [0.1, 0.15) is 17.3 Å². The van der Waals surface area contributed by atoms with Gasteiger partial charge in [-0.25, -0.2) is 4.79 Å². The minimum Gasteiger partial charge on any atom is -0.696 e. The van der Waals surface area contributed by atoms with E-state index in [9.17, 15) is 10.0 Å². The van der Waals surface area contributed by atoms with Crippen molar-refractivity contribution in [3.05, 3.63) is 35.0 Å². The predicted octanol–water partition coefficient (Wildman–Crippen LogP) is 1.69. The van der Waals surface area contributed by atoms with E-state index in [1.165, 1.54) is 12.1 Å². The third-order valence-corrected chi connectivity index (χ3v) is 1.71. The van der Waals surface area contributed by atoms with Crippen molar-refractivity contribution < 1.29 is 14.8 Å². The molecule has 0 unspecified atom stereocenters. The Bertz CT molecular complexity index is 390. The molecule has 2 N–H and O–H groups in total. The van der Waals surface area contributed by atoms with Crippen LogP contribution in [0.5, 0.6) is 0 Å². The van der Waals surface area contributed by atoms with Crippen LogP contribution in [0.2, 0.25) is 0 Å². The second kappa shape index (κ2) is 4.94. The van der Waals surface area contributed by atoms with Crippen molar-refractivity contribution in [2.45, 2.75) is 6.92 Å². The van der Waals surface area contributed by atoms with E-state index in [0.29, 0.717) is 10.5 Å². The summed E-state index contributed by atoms with van der Waals surface area (Å²) in [6.45, 7) is 1.84. The number of aromatic carboxylic acids is 1. The molecule has 0 atom stereocenters. The van der Waals surface area contributed by atoms with Gasteiger partial charge in [-0.1, -0.05) is 12.1 Å². The highest BCUT2D eigenvalue weighted by atomic mass is 16.5. The molecule has 0 amide bonds. The second-order valence-electron chi connectivity index (χ2n) is 2.73. The van der Waals surface area contributed by atoms with Gasteiger partial charge in [0.05, 0.1) is 5.22 Å². The van der Waals surface area contributed by atoms with E-state index in [2.05, 4.69) is 10.6 Å². The number of anilines is 1. The quantitative estimate of drug-likeness (QED) is 0.448. The Hall–Kier alpha value is -2.11. The van der Waals surface area contributed by atoms with Gasteiger partial charge in [0.1, 0.15) is 12.1 Å². The summed E-state index contributed by atoms with van der Waals surface area (Å²) in [6.07, 6.45) is 0. The average molecular weight is 209 g/mol. The summed E-state index contributed by atoms with van der Waals surface area (Å²) in [4.78, 5) is 11.2. The van der Waals surface area contributed by atoms with Gasteiger partial charge < -0.3 is 10.3 Å². The molecule has 0 fully saturated rings. The lowest BCUT2D eigenvalue weighted by Gasteiger charge is -2.02. The van der Waals surface area contributed by atoms with Crippen LogP contribution in [0.3, 0.4) is 0 Å². The second-order valence-corrected chi connectivity index (χ2v) is 2.73. The average Bonchev–Trinajstić information content (AvgIpc) is 2.26. The number of para-hydroxylation sites is 1. The minimum atomic E-state index is -1.07. The maximum absolute atomic E-state index is 10.8. The number of carbonyl (C=O) groups is 1. The van der Waals surface area contributed by atoms with E-state index >= 15 is 0 Å². The number of hydrogen-bond acceptors (Lipinski definition) is 3. The first-order chi connectivity index (χ1) is 7.15. The molecule has 0 bridgehead atoms. The number of rotatable bonds is 4. The fourth-order valence-corrected chi connectivity index (χ4v) is 0.947. The molecule has 0 aromatic heterocycles. The highest BCUT2D eigenvalue weighted by molar-refractivity contribution is 5.94. The molecular weight excluding hydrogens is 198 g/mol. The number of nitrogens with one attached hydrogen (secondary N) is 1. The molecule has 1 aromatic rings. The summed E-state index contributed by atoms with van der Waals surface area (Å²) < 4.78 is 0. The Morgan fingerprint density at radius 1 is 1.60 bits per heavy atom. The van der Waals surface area contributed by atoms with E-state index in [0.717, 1.165) is 0 Å². The van der Waals surface area contributed by atoms with Gasteiger partial charge >= 0.3 is 5.97 Å². The Morgan fingerprint density at radius 2 is 2.27 bits per heavy atom. The number of nitrogens with zero attached hydrogens (tertiary/aromatic N) is 2. The van der Waals surface area contributed by atoms with Crippen molar-refractivity contribution in [3.63, 3.8) is 0 Å². The largest absolute Gasteiger partial charge is 0.696 e. The van der Waals surface area contributed by atoms with Crippen molar-refractivity contribution in [2.24, 2.45) is 5.22 Å². The van der Waals surface area contributed by atoms with Gasteiger partial charge in [0.2, 0.25) is 0 Å². The molecule has 6 nitrogen and oxygen atoms in total. The summed E-state index contributed by atoms with van der Waals surface area (Å²) >= 11 is 0. The molecule has 1 aromatic carbocycles. The van der Waals surface area contributed by atoms with Crippen LogP contribution < -0.4 is 5.43 Å². The molecule has 6 heteroatoms. The monoisotopic (exact) mass is 209 g/mol. The first-order valence-electron chi connectivity index (χ1n) is 4.38. The topological polar surface area (TPSA) is 87.8 Å². The summed E-state index contributed by atoms with van der Waals surface area (Å²) in [5.74, 6) is -1.07. The third-order valence-electron chi connectivity index (χ3n) is 1.71. The van der Waals surface area contributed by atoms with Gasteiger partial charge in [-0.15, -0.1) is 5.43 Å². The Morgan fingerprint density at radius 3 is 2.87 bits per heavy atom. The molecule has 1 rings (SSSR count). The molecule has 0 saturated carbocycles. The first-order valence-corrected chi connectivity index (χ1v) is 4.38. The molecule has 0 radical (unpaired) electrons. The molecule has 80 valence electrons. The number of benzene rings is 1. The number of hydroxylamine groups is 1. The van der Waals surface area contributed by atoms with E-state index in [-0.39, 0.29) is 12.1 Å². The van der Waals surface area contributed by atoms with Gasteiger partial charge in [-0.05, 0) is 19.1 Å². The molecule has 15 heavy (non-hydrogen) atoms.